The minimum Gasteiger partial charge on any atom is -0.502 e. The fraction of sp³-hybridized carbons (Fsp3) is 0.200. The molecule has 0 saturated carbocycles. The molecular formula is C20H19NO4. The van der Waals surface area contributed by atoms with Gasteiger partial charge in [0.25, 0.3) is 5.91 Å². The summed E-state index contributed by atoms with van der Waals surface area (Å²) in [6.07, 6.45) is 0. The zero-order chi connectivity index (χ0) is 18.1. The van der Waals surface area contributed by atoms with Crippen LogP contribution in [0.25, 0.3) is 5.57 Å². The molecule has 0 bridgehead atoms. The summed E-state index contributed by atoms with van der Waals surface area (Å²) in [5.74, 6) is -1.12. The van der Waals surface area contributed by atoms with E-state index in [1.165, 1.54) is 0 Å². The molecular weight excluding hydrogens is 318 g/mol. The summed E-state index contributed by atoms with van der Waals surface area (Å²) >= 11 is 0. The van der Waals surface area contributed by atoms with Crippen molar-refractivity contribution in [3.8, 4) is 5.75 Å². The van der Waals surface area contributed by atoms with Crippen molar-refractivity contribution in [1.82, 2.24) is 0 Å². The van der Waals surface area contributed by atoms with Crippen molar-refractivity contribution in [2.75, 3.05) is 11.5 Å². The number of aryl methyl sites for hydroxylation is 2. The number of anilines is 1. The van der Waals surface area contributed by atoms with Crippen molar-refractivity contribution in [2.45, 2.75) is 20.8 Å². The monoisotopic (exact) mass is 337 g/mol. The Morgan fingerprint density at radius 3 is 2.24 bits per heavy atom. The summed E-state index contributed by atoms with van der Waals surface area (Å²) in [6.45, 7) is 6.27. The third-order valence-corrected chi connectivity index (χ3v) is 4.26. The lowest BCUT2D eigenvalue weighted by atomic mass is 10.1. The molecule has 3 rings (SSSR count). The number of benzene rings is 2. The first-order valence-electron chi connectivity index (χ1n) is 8.06. The molecule has 5 nitrogen and oxygen atoms in total. The van der Waals surface area contributed by atoms with Gasteiger partial charge in [0.1, 0.15) is 5.75 Å². The lowest BCUT2D eigenvalue weighted by Gasteiger charge is -2.16. The van der Waals surface area contributed by atoms with Crippen LogP contribution in [0.3, 0.4) is 0 Å². The summed E-state index contributed by atoms with van der Waals surface area (Å²) < 4.78 is 5.37. The van der Waals surface area contributed by atoms with E-state index in [9.17, 15) is 14.7 Å². The molecule has 1 heterocycles. The largest absolute Gasteiger partial charge is 0.502 e. The Morgan fingerprint density at radius 2 is 1.64 bits per heavy atom. The molecule has 1 aliphatic rings. The van der Waals surface area contributed by atoms with Crippen LogP contribution in [0.5, 0.6) is 5.75 Å². The standard InChI is InChI=1S/C20H19NO4/c1-4-25-16-9-6-14(7-10-16)17-18(22)20(24)21(19(17)23)15-8-5-12(2)13(3)11-15/h5-11,22H,4H2,1-3H3. The van der Waals surface area contributed by atoms with Gasteiger partial charge in [-0.1, -0.05) is 18.2 Å². The number of hydrogen-bond acceptors (Lipinski definition) is 4. The molecule has 0 radical (unpaired) electrons. The Hall–Kier alpha value is -3.08. The van der Waals surface area contributed by atoms with E-state index in [0.29, 0.717) is 23.6 Å². The summed E-state index contributed by atoms with van der Waals surface area (Å²) in [5.41, 5.74) is 2.96. The first-order valence-corrected chi connectivity index (χ1v) is 8.06. The molecule has 0 unspecified atom stereocenters. The maximum Gasteiger partial charge on any atom is 0.301 e. The molecule has 1 N–H and O–H groups in total. The van der Waals surface area contributed by atoms with Gasteiger partial charge in [0.2, 0.25) is 0 Å². The fourth-order valence-electron chi connectivity index (χ4n) is 2.76. The number of aliphatic hydroxyl groups is 1. The van der Waals surface area contributed by atoms with Gasteiger partial charge in [-0.2, -0.15) is 0 Å². The molecule has 0 atom stereocenters. The minimum absolute atomic E-state index is 0.00581. The van der Waals surface area contributed by atoms with Gasteiger partial charge >= 0.3 is 5.91 Å². The van der Waals surface area contributed by atoms with Crippen LogP contribution in [0.4, 0.5) is 5.69 Å². The number of aliphatic hydroxyl groups excluding tert-OH is 1. The quantitative estimate of drug-likeness (QED) is 0.867. The van der Waals surface area contributed by atoms with E-state index >= 15 is 0 Å². The molecule has 0 fully saturated rings. The molecule has 2 aromatic rings. The number of ether oxygens (including phenoxy) is 1. The molecule has 0 saturated heterocycles. The van der Waals surface area contributed by atoms with E-state index in [2.05, 4.69) is 0 Å². The van der Waals surface area contributed by atoms with Crippen LogP contribution in [0.2, 0.25) is 0 Å². The number of carbonyl (C=O) groups excluding carboxylic acids is 2. The van der Waals surface area contributed by atoms with E-state index in [0.717, 1.165) is 16.0 Å². The SMILES string of the molecule is CCOc1ccc(C2=C(O)C(=O)N(c3ccc(C)c(C)c3)C2=O)cc1. The first-order chi connectivity index (χ1) is 11.9. The Bertz CT molecular complexity index is 881. The lowest BCUT2D eigenvalue weighted by Crippen LogP contribution is -2.31. The summed E-state index contributed by atoms with van der Waals surface area (Å²) in [6, 6.07) is 12.0. The predicted molar refractivity (Wildman–Crippen MR) is 95.6 cm³/mol. The van der Waals surface area contributed by atoms with Gasteiger partial charge < -0.3 is 9.84 Å². The Kier molecular flexibility index (Phi) is 4.31. The second kappa shape index (κ2) is 6.43. The lowest BCUT2D eigenvalue weighted by molar-refractivity contribution is -0.121. The zero-order valence-corrected chi connectivity index (χ0v) is 14.4. The number of rotatable bonds is 4. The predicted octanol–water partition coefficient (Wildman–Crippen LogP) is 3.54. The van der Waals surface area contributed by atoms with Crippen molar-refractivity contribution in [1.29, 1.82) is 0 Å². The Balaban J connectivity index is 1.97. The van der Waals surface area contributed by atoms with Crippen LogP contribution in [0.1, 0.15) is 23.6 Å². The van der Waals surface area contributed by atoms with E-state index in [4.69, 9.17) is 4.74 Å². The van der Waals surface area contributed by atoms with Gasteiger partial charge in [0.05, 0.1) is 17.9 Å². The number of nitrogens with zero attached hydrogens (tertiary/aromatic N) is 1. The normalized spacial score (nSPS) is 14.4. The highest BCUT2D eigenvalue weighted by Crippen LogP contribution is 2.33. The van der Waals surface area contributed by atoms with Crippen molar-refractivity contribution >= 4 is 23.1 Å². The Morgan fingerprint density at radius 1 is 0.960 bits per heavy atom. The number of carbonyl (C=O) groups is 2. The van der Waals surface area contributed by atoms with Gasteiger partial charge in [-0.25, -0.2) is 4.90 Å². The molecule has 25 heavy (non-hydrogen) atoms. The molecule has 128 valence electrons. The van der Waals surface area contributed by atoms with Crippen LogP contribution < -0.4 is 9.64 Å². The van der Waals surface area contributed by atoms with Gasteiger partial charge in [0.15, 0.2) is 5.76 Å². The second-order valence-electron chi connectivity index (χ2n) is 5.90. The average molecular weight is 337 g/mol. The van der Waals surface area contributed by atoms with E-state index in [1.807, 2.05) is 26.8 Å². The highest BCUT2D eigenvalue weighted by Gasteiger charge is 2.40. The first kappa shape index (κ1) is 16.8. The third-order valence-electron chi connectivity index (χ3n) is 4.26. The molecule has 2 aromatic carbocycles. The minimum atomic E-state index is -0.711. The van der Waals surface area contributed by atoms with E-state index in [-0.39, 0.29) is 5.57 Å². The fourth-order valence-corrected chi connectivity index (χ4v) is 2.76. The highest BCUT2D eigenvalue weighted by atomic mass is 16.5. The van der Waals surface area contributed by atoms with Crippen LogP contribution >= 0.6 is 0 Å². The third kappa shape index (κ3) is 2.89. The van der Waals surface area contributed by atoms with Crippen LogP contribution in [0.15, 0.2) is 48.2 Å². The number of amides is 2. The summed E-state index contributed by atoms with van der Waals surface area (Å²) in [4.78, 5) is 26.2. The molecule has 0 aromatic heterocycles. The van der Waals surface area contributed by atoms with Gasteiger partial charge in [-0.15, -0.1) is 0 Å². The second-order valence-corrected chi connectivity index (χ2v) is 5.90. The zero-order valence-electron chi connectivity index (χ0n) is 14.4. The van der Waals surface area contributed by atoms with Gasteiger partial charge in [-0.3, -0.25) is 9.59 Å². The average Bonchev–Trinajstić information content (AvgIpc) is 2.81. The van der Waals surface area contributed by atoms with Gasteiger partial charge in [-0.05, 0) is 61.7 Å². The number of imide groups is 1. The van der Waals surface area contributed by atoms with Gasteiger partial charge in [0, 0.05) is 0 Å². The number of hydrogen-bond donors (Lipinski definition) is 1. The van der Waals surface area contributed by atoms with E-state index < -0.39 is 17.6 Å². The topological polar surface area (TPSA) is 66.8 Å². The molecule has 0 aliphatic carbocycles. The maximum atomic E-state index is 12.8. The van der Waals surface area contributed by atoms with Crippen molar-refractivity contribution in [2.24, 2.45) is 0 Å². The Labute approximate surface area is 146 Å². The smallest absolute Gasteiger partial charge is 0.301 e. The van der Waals surface area contributed by atoms with E-state index in [1.54, 1.807) is 36.4 Å². The molecule has 1 aliphatic heterocycles. The molecule has 0 spiro atoms. The van der Waals surface area contributed by atoms with Crippen molar-refractivity contribution < 1.29 is 19.4 Å². The maximum absolute atomic E-state index is 12.8. The summed E-state index contributed by atoms with van der Waals surface area (Å²) in [7, 11) is 0. The molecule has 2 amide bonds. The van der Waals surface area contributed by atoms with Crippen LogP contribution in [0, 0.1) is 13.8 Å². The molecule has 5 heteroatoms. The van der Waals surface area contributed by atoms with Crippen molar-refractivity contribution in [3.63, 3.8) is 0 Å². The van der Waals surface area contributed by atoms with Crippen LogP contribution in [-0.4, -0.2) is 23.5 Å². The van der Waals surface area contributed by atoms with Crippen LogP contribution in [-0.2, 0) is 9.59 Å². The highest BCUT2D eigenvalue weighted by molar-refractivity contribution is 6.44. The van der Waals surface area contributed by atoms with Crippen molar-refractivity contribution in [3.05, 3.63) is 64.9 Å². The summed E-state index contributed by atoms with van der Waals surface area (Å²) in [5, 5.41) is 10.2.